The number of amides is 2. The molecule has 0 radical (unpaired) electrons. The van der Waals surface area contributed by atoms with Crippen molar-refractivity contribution >= 4 is 79.2 Å². The van der Waals surface area contributed by atoms with Crippen molar-refractivity contribution in [1.82, 2.24) is 15.2 Å². The molecule has 40 heavy (non-hydrogen) atoms. The average Bonchev–Trinajstić information content (AvgIpc) is 3.56. The lowest BCUT2D eigenvalue weighted by molar-refractivity contribution is -0.663. The number of carbonyl (C=O) groups excluding carboxylic acids is 2. The Kier molecular flexibility index (Phi) is 7.24. The molecule has 0 aliphatic carbocycles. The first-order valence-corrected chi connectivity index (χ1v) is 14.6. The number of carbonyl (C=O) groups is 4. The zero-order valence-corrected chi connectivity index (χ0v) is 23.5. The molecule has 2 unspecified atom stereocenters. The predicted molar refractivity (Wildman–Crippen MR) is 148 cm³/mol. The topological polar surface area (TPSA) is 188 Å². The van der Waals surface area contributed by atoms with Crippen LogP contribution in [0.5, 0.6) is 0 Å². The zero-order valence-electron chi connectivity index (χ0n) is 21.1. The molecule has 0 bridgehead atoms. The van der Waals surface area contributed by atoms with Crippen molar-refractivity contribution in [3.63, 3.8) is 0 Å². The number of oxime groups is 1. The van der Waals surface area contributed by atoms with Gasteiger partial charge in [0.25, 0.3) is 11.8 Å². The number of nitrogens with one attached hydrogen (secondary N) is 1. The molecule has 2 aliphatic rings. The number of aliphatic carboxylic acids is 2. The number of carboxylic acids is 2. The number of thiazole rings is 1. The number of fused-ring (bicyclic) bond motifs is 2. The number of hydrogen-bond donors (Lipinski definition) is 4. The maximum absolute atomic E-state index is 13.2. The number of pyridine rings is 1. The van der Waals surface area contributed by atoms with Crippen molar-refractivity contribution in [1.29, 1.82) is 0 Å². The molecule has 5 N–H and O–H groups in total. The fourth-order valence-electron chi connectivity index (χ4n) is 4.15. The standard InChI is InChI=1S/C24H22N6O7S3/c1-24(2,22(35)36)37-28-15(12-10-40-23(25)26-12)18(31)27-16-19(32)30-17(21(33)34)11(9-39-20(16)30)8-29-6-3-4-14-13(29)5-7-38-14/h3-7,10,16,20H,8-9H2,1-2H3,(H4-,25,26,27,31,33,34,35,36)/p+1/b28-15+. The Morgan fingerprint density at radius 3 is 2.75 bits per heavy atom. The summed E-state index contributed by atoms with van der Waals surface area (Å²) >= 11 is 3.94. The summed E-state index contributed by atoms with van der Waals surface area (Å²) in [5, 5.41) is 28.5. The maximum atomic E-state index is 13.2. The van der Waals surface area contributed by atoms with Crippen LogP contribution in [0.1, 0.15) is 19.5 Å². The van der Waals surface area contributed by atoms with Crippen molar-refractivity contribution in [2.24, 2.45) is 5.16 Å². The molecular formula is C24H23N6O7S3+. The summed E-state index contributed by atoms with van der Waals surface area (Å²) in [5.41, 5.74) is 5.03. The van der Waals surface area contributed by atoms with Gasteiger partial charge in [-0.15, -0.1) is 34.4 Å². The van der Waals surface area contributed by atoms with E-state index < -0.39 is 40.8 Å². The first-order valence-electron chi connectivity index (χ1n) is 11.8. The van der Waals surface area contributed by atoms with Crippen LogP contribution >= 0.6 is 34.4 Å². The third-order valence-corrected chi connectivity index (χ3v) is 9.14. The molecule has 3 aromatic rings. The molecule has 16 heteroatoms. The second-order valence-corrected chi connectivity index (χ2v) is 12.3. The first kappa shape index (κ1) is 27.5. The van der Waals surface area contributed by atoms with Crippen molar-refractivity contribution in [2.45, 2.75) is 37.4 Å². The molecule has 3 aromatic heterocycles. The van der Waals surface area contributed by atoms with Gasteiger partial charge in [-0.05, 0) is 25.3 Å². The number of thioether (sulfide) groups is 1. The molecule has 1 saturated heterocycles. The molecule has 2 atom stereocenters. The Bertz CT molecular complexity index is 1610. The van der Waals surface area contributed by atoms with E-state index in [1.54, 1.807) is 11.3 Å². The summed E-state index contributed by atoms with van der Waals surface area (Å²) in [4.78, 5) is 60.5. The second kappa shape index (κ2) is 10.5. The quantitative estimate of drug-likeness (QED) is 0.120. The summed E-state index contributed by atoms with van der Waals surface area (Å²) in [6.07, 6.45) is 1.86. The first-order chi connectivity index (χ1) is 19.0. The van der Waals surface area contributed by atoms with E-state index in [1.807, 2.05) is 34.3 Å². The van der Waals surface area contributed by atoms with Crippen LogP contribution in [0.15, 0.2) is 51.6 Å². The lowest BCUT2D eigenvalue weighted by atomic mass is 10.0. The Balaban J connectivity index is 1.38. The molecule has 0 saturated carbocycles. The molecule has 1 fully saturated rings. The summed E-state index contributed by atoms with van der Waals surface area (Å²) in [5.74, 6) is -3.66. The number of hydrogen-bond acceptors (Lipinski definition) is 11. The van der Waals surface area contributed by atoms with E-state index in [4.69, 9.17) is 10.6 Å². The van der Waals surface area contributed by atoms with Crippen LogP contribution in [0.4, 0.5) is 5.13 Å². The highest BCUT2D eigenvalue weighted by atomic mass is 32.2. The van der Waals surface area contributed by atoms with Crippen LogP contribution in [0, 0.1) is 0 Å². The Hall–Kier alpha value is -4.02. The molecule has 13 nitrogen and oxygen atoms in total. The summed E-state index contributed by atoms with van der Waals surface area (Å²) in [6, 6.07) is 4.77. The van der Waals surface area contributed by atoms with E-state index in [1.165, 1.54) is 35.9 Å². The van der Waals surface area contributed by atoms with Crippen LogP contribution < -0.4 is 15.6 Å². The van der Waals surface area contributed by atoms with Crippen molar-refractivity contribution < 1.29 is 38.8 Å². The van der Waals surface area contributed by atoms with E-state index in [2.05, 4.69) is 15.5 Å². The summed E-state index contributed by atoms with van der Waals surface area (Å²) in [7, 11) is 0. The van der Waals surface area contributed by atoms with Crippen LogP contribution in [0.25, 0.3) is 10.2 Å². The second-order valence-electron chi connectivity index (χ2n) is 9.34. The SMILES string of the molecule is CC(C)(O/N=C(/C(=O)NC1C(=O)N2C(C(=O)O)=C(C[n+]3cccc4sccc43)CSC12)c1csc(N)n1)C(=O)O. The minimum atomic E-state index is -1.75. The molecule has 2 amide bonds. The Morgan fingerprint density at radius 1 is 1.30 bits per heavy atom. The van der Waals surface area contributed by atoms with Gasteiger partial charge in [0.2, 0.25) is 11.1 Å². The molecule has 5 rings (SSSR count). The Labute approximate surface area is 238 Å². The fourth-order valence-corrected chi connectivity index (χ4v) is 6.84. The van der Waals surface area contributed by atoms with Gasteiger partial charge in [-0.25, -0.2) is 14.6 Å². The van der Waals surface area contributed by atoms with Gasteiger partial charge < -0.3 is 26.1 Å². The van der Waals surface area contributed by atoms with Crippen LogP contribution in [0.3, 0.4) is 0 Å². The third kappa shape index (κ3) is 5.00. The zero-order chi connectivity index (χ0) is 28.8. The number of nitrogens with zero attached hydrogens (tertiary/aromatic N) is 4. The predicted octanol–water partition coefficient (Wildman–Crippen LogP) is 1.25. The van der Waals surface area contributed by atoms with Gasteiger partial charge in [0.1, 0.15) is 22.8 Å². The average molecular weight is 604 g/mol. The van der Waals surface area contributed by atoms with E-state index in [0.717, 1.165) is 21.6 Å². The number of nitrogens with two attached hydrogens (primary N) is 1. The molecule has 2 aliphatic heterocycles. The molecule has 0 aromatic carbocycles. The molecule has 0 spiro atoms. The van der Waals surface area contributed by atoms with Gasteiger partial charge >= 0.3 is 11.9 Å². The van der Waals surface area contributed by atoms with E-state index in [0.29, 0.717) is 11.3 Å². The normalized spacial score (nSPS) is 19.3. The third-order valence-electron chi connectivity index (χ3n) is 6.25. The highest BCUT2D eigenvalue weighted by Gasteiger charge is 2.55. The minimum absolute atomic E-state index is 0.0363. The molecule has 5 heterocycles. The number of thiophene rings is 1. The maximum Gasteiger partial charge on any atom is 0.352 e. The van der Waals surface area contributed by atoms with Crippen LogP contribution in [0.2, 0.25) is 0 Å². The number of rotatable bonds is 9. The van der Waals surface area contributed by atoms with Gasteiger partial charge in [-0.1, -0.05) is 5.16 Å². The van der Waals surface area contributed by atoms with Gasteiger partial charge in [0.15, 0.2) is 23.6 Å². The highest BCUT2D eigenvalue weighted by molar-refractivity contribution is 8.00. The van der Waals surface area contributed by atoms with Crippen molar-refractivity contribution in [2.75, 3.05) is 11.5 Å². The molecular weight excluding hydrogens is 581 g/mol. The summed E-state index contributed by atoms with van der Waals surface area (Å²) < 4.78 is 2.99. The minimum Gasteiger partial charge on any atom is -0.478 e. The van der Waals surface area contributed by atoms with Gasteiger partial charge in [0, 0.05) is 28.8 Å². The lowest BCUT2D eigenvalue weighted by Crippen LogP contribution is -2.71. The van der Waals surface area contributed by atoms with Crippen LogP contribution in [-0.4, -0.2) is 72.3 Å². The lowest BCUT2D eigenvalue weighted by Gasteiger charge is -2.49. The van der Waals surface area contributed by atoms with E-state index >= 15 is 0 Å². The van der Waals surface area contributed by atoms with Gasteiger partial charge in [0.05, 0.1) is 4.70 Å². The number of carboxylic acid groups (broad SMARTS) is 2. The van der Waals surface area contributed by atoms with E-state index in [9.17, 15) is 29.4 Å². The van der Waals surface area contributed by atoms with Crippen molar-refractivity contribution in [3.8, 4) is 0 Å². The number of anilines is 1. The number of β-lactam (4-membered cyclic amide) rings is 1. The fraction of sp³-hybridized carbons (Fsp3) is 0.292. The van der Waals surface area contributed by atoms with Gasteiger partial charge in [-0.3, -0.25) is 14.5 Å². The molecule has 208 valence electrons. The highest BCUT2D eigenvalue weighted by Crippen LogP contribution is 2.40. The number of nitrogen functional groups attached to an aromatic ring is 1. The Morgan fingerprint density at radius 2 is 2.08 bits per heavy atom. The smallest absolute Gasteiger partial charge is 0.352 e. The monoisotopic (exact) mass is 603 g/mol. The van der Waals surface area contributed by atoms with Gasteiger partial charge in [-0.2, -0.15) is 4.57 Å². The summed E-state index contributed by atoms with van der Waals surface area (Å²) in [6.45, 7) is 2.80. The largest absolute Gasteiger partial charge is 0.478 e. The van der Waals surface area contributed by atoms with Crippen LogP contribution in [-0.2, 0) is 30.6 Å². The van der Waals surface area contributed by atoms with E-state index in [-0.39, 0.29) is 28.8 Å². The number of aromatic nitrogens is 2. The van der Waals surface area contributed by atoms with Crippen molar-refractivity contribution in [3.05, 3.63) is 52.1 Å².